The number of hydrogen-bond acceptors (Lipinski definition) is 7. The molecule has 0 unspecified atom stereocenters. The zero-order chi connectivity index (χ0) is 19.4. The van der Waals surface area contributed by atoms with Crippen LogP contribution in [0.25, 0.3) is 4.48 Å². The standard InChI is InChI=1S/C15H16BrIN2O7/c1-7(20)24-6-9-3-12(25-8(2)21)14(26-9)19-5-10(11(16)4-17)13(22)18-15(19)23/h4-5,9,12,14H,3,6H2,1-2H3,(H,18,22,23)/t9-,12+,14+/m0/s1. The Kier molecular flexibility index (Phi) is 7.17. The lowest BCUT2D eigenvalue weighted by Crippen LogP contribution is -2.37. The number of ether oxygens (including phenoxy) is 3. The lowest BCUT2D eigenvalue weighted by Gasteiger charge is -2.20. The van der Waals surface area contributed by atoms with Crippen LogP contribution in [0.5, 0.6) is 0 Å². The molecule has 1 aromatic heterocycles. The minimum Gasteiger partial charge on any atom is -0.463 e. The molecule has 9 nitrogen and oxygen atoms in total. The summed E-state index contributed by atoms with van der Waals surface area (Å²) in [6, 6.07) is 0. The molecule has 0 saturated carbocycles. The highest BCUT2D eigenvalue weighted by Gasteiger charge is 2.40. The second-order valence-electron chi connectivity index (χ2n) is 5.50. The number of H-pyrrole nitrogens is 1. The van der Waals surface area contributed by atoms with E-state index in [1.54, 1.807) is 4.08 Å². The van der Waals surface area contributed by atoms with Crippen molar-refractivity contribution in [2.45, 2.75) is 38.7 Å². The molecule has 0 bridgehead atoms. The molecule has 2 heterocycles. The van der Waals surface area contributed by atoms with Crippen molar-refractivity contribution in [2.24, 2.45) is 0 Å². The predicted octanol–water partition coefficient (Wildman–Crippen LogP) is 1.45. The molecule has 1 aromatic rings. The van der Waals surface area contributed by atoms with Crippen LogP contribution < -0.4 is 11.2 Å². The van der Waals surface area contributed by atoms with E-state index in [-0.39, 0.29) is 18.6 Å². The summed E-state index contributed by atoms with van der Waals surface area (Å²) in [4.78, 5) is 48.8. The number of aromatic nitrogens is 2. The number of aromatic amines is 1. The molecular weight excluding hydrogens is 527 g/mol. The first-order chi connectivity index (χ1) is 12.2. The Hall–Kier alpha value is -1.47. The number of hydrogen-bond donors (Lipinski definition) is 1. The van der Waals surface area contributed by atoms with Crippen LogP contribution in [0.15, 0.2) is 19.9 Å². The van der Waals surface area contributed by atoms with Gasteiger partial charge in [-0.3, -0.25) is 23.9 Å². The van der Waals surface area contributed by atoms with E-state index in [1.165, 1.54) is 20.0 Å². The molecule has 1 aliphatic heterocycles. The molecule has 2 rings (SSSR count). The minimum absolute atomic E-state index is 0.0358. The van der Waals surface area contributed by atoms with Gasteiger partial charge in [0.15, 0.2) is 6.23 Å². The first-order valence-corrected chi connectivity index (χ1v) is 9.54. The minimum atomic E-state index is -0.961. The summed E-state index contributed by atoms with van der Waals surface area (Å²) in [6.07, 6.45) is -0.722. The van der Waals surface area contributed by atoms with Crippen LogP contribution in [0.2, 0.25) is 0 Å². The van der Waals surface area contributed by atoms with Gasteiger partial charge in [0.05, 0.1) is 11.7 Å². The Balaban J connectivity index is 2.39. The van der Waals surface area contributed by atoms with Gasteiger partial charge < -0.3 is 14.2 Å². The Labute approximate surface area is 170 Å². The molecule has 1 fully saturated rings. The lowest BCUT2D eigenvalue weighted by molar-refractivity contribution is -0.153. The monoisotopic (exact) mass is 542 g/mol. The summed E-state index contributed by atoms with van der Waals surface area (Å²) in [6.45, 7) is 2.47. The van der Waals surface area contributed by atoms with Gasteiger partial charge in [0, 0.05) is 30.9 Å². The van der Waals surface area contributed by atoms with E-state index in [4.69, 9.17) is 14.2 Å². The number of nitrogens with zero attached hydrogens (tertiary/aromatic N) is 1. The molecule has 3 atom stereocenters. The Morgan fingerprint density at radius 2 is 2.12 bits per heavy atom. The van der Waals surface area contributed by atoms with E-state index in [0.717, 1.165) is 4.57 Å². The highest BCUT2D eigenvalue weighted by Crippen LogP contribution is 2.31. The molecule has 11 heteroatoms. The first-order valence-electron chi connectivity index (χ1n) is 7.50. The maximum atomic E-state index is 12.3. The Bertz CT molecular complexity index is 847. The normalized spacial score (nSPS) is 22.9. The molecule has 142 valence electrons. The largest absolute Gasteiger partial charge is 0.463 e. The summed E-state index contributed by atoms with van der Waals surface area (Å²) < 4.78 is 19.2. The third-order valence-corrected chi connectivity index (χ3v) is 5.66. The molecule has 0 aliphatic carbocycles. The molecular formula is C15H16BrIN2O7. The van der Waals surface area contributed by atoms with Crippen LogP contribution in [0.3, 0.4) is 0 Å². The summed E-state index contributed by atoms with van der Waals surface area (Å²) in [5.74, 6) is -1.01. The highest BCUT2D eigenvalue weighted by molar-refractivity contribution is 14.1. The second kappa shape index (κ2) is 8.95. The van der Waals surface area contributed by atoms with Crippen molar-refractivity contribution in [3.63, 3.8) is 0 Å². The number of halogens is 2. The van der Waals surface area contributed by atoms with Crippen molar-refractivity contribution in [3.05, 3.63) is 36.7 Å². The van der Waals surface area contributed by atoms with Crippen LogP contribution in [0.1, 0.15) is 32.1 Å². The molecule has 0 radical (unpaired) electrons. The maximum absolute atomic E-state index is 12.3. The fourth-order valence-corrected chi connectivity index (χ4v) is 3.12. The molecule has 1 aliphatic rings. The number of esters is 2. The smallest absolute Gasteiger partial charge is 0.330 e. The van der Waals surface area contributed by atoms with Gasteiger partial charge in [-0.05, 0) is 20.0 Å². The fraction of sp³-hybridized carbons (Fsp3) is 0.467. The van der Waals surface area contributed by atoms with Crippen molar-refractivity contribution in [2.75, 3.05) is 6.61 Å². The van der Waals surface area contributed by atoms with Gasteiger partial charge in [-0.2, -0.15) is 0 Å². The first kappa shape index (κ1) is 20.8. The third-order valence-electron chi connectivity index (χ3n) is 3.53. The molecule has 1 N–H and O–H groups in total. The number of carbonyl (C=O) groups is 2. The van der Waals surface area contributed by atoms with Crippen molar-refractivity contribution >= 4 is 54.9 Å². The van der Waals surface area contributed by atoms with Crippen LogP contribution >= 0.6 is 38.5 Å². The molecule has 0 amide bonds. The van der Waals surface area contributed by atoms with E-state index in [1.807, 2.05) is 22.6 Å². The SMILES string of the molecule is CC(=O)OC[C@@H]1C[C@@H](OC(C)=O)[C@H](n2cc(C(Br)=CI)c(=O)[nH]c2=O)O1. The highest BCUT2D eigenvalue weighted by atomic mass is 127. The van der Waals surface area contributed by atoms with E-state index in [2.05, 4.69) is 20.9 Å². The summed E-state index contributed by atoms with van der Waals surface area (Å²) >= 11 is 5.19. The molecule has 1 saturated heterocycles. The Morgan fingerprint density at radius 3 is 2.69 bits per heavy atom. The van der Waals surface area contributed by atoms with Gasteiger partial charge in [-0.25, -0.2) is 4.79 Å². The van der Waals surface area contributed by atoms with Crippen LogP contribution in [0.4, 0.5) is 0 Å². The Morgan fingerprint density at radius 1 is 1.42 bits per heavy atom. The van der Waals surface area contributed by atoms with Gasteiger partial charge in [-0.1, -0.05) is 22.6 Å². The number of rotatable bonds is 5. The van der Waals surface area contributed by atoms with E-state index < -0.39 is 41.6 Å². The van der Waals surface area contributed by atoms with E-state index in [9.17, 15) is 19.2 Å². The zero-order valence-corrected chi connectivity index (χ0v) is 17.6. The number of nitrogens with one attached hydrogen (secondary N) is 1. The van der Waals surface area contributed by atoms with Crippen LogP contribution in [-0.4, -0.2) is 40.3 Å². The fourth-order valence-electron chi connectivity index (χ4n) is 2.50. The van der Waals surface area contributed by atoms with Crippen molar-refractivity contribution < 1.29 is 23.8 Å². The average molecular weight is 543 g/mol. The molecule has 0 aromatic carbocycles. The predicted molar refractivity (Wildman–Crippen MR) is 103 cm³/mol. The van der Waals surface area contributed by atoms with Gasteiger partial charge in [-0.15, -0.1) is 0 Å². The van der Waals surface area contributed by atoms with Crippen molar-refractivity contribution in [3.8, 4) is 0 Å². The van der Waals surface area contributed by atoms with Gasteiger partial charge in [0.1, 0.15) is 12.7 Å². The summed E-state index contributed by atoms with van der Waals surface area (Å²) in [5, 5.41) is 0. The zero-order valence-electron chi connectivity index (χ0n) is 13.9. The van der Waals surface area contributed by atoms with Gasteiger partial charge in [0.25, 0.3) is 5.56 Å². The maximum Gasteiger partial charge on any atom is 0.330 e. The van der Waals surface area contributed by atoms with Crippen molar-refractivity contribution in [1.29, 1.82) is 0 Å². The van der Waals surface area contributed by atoms with Gasteiger partial charge in [0.2, 0.25) is 0 Å². The quantitative estimate of drug-likeness (QED) is 0.442. The van der Waals surface area contributed by atoms with Gasteiger partial charge >= 0.3 is 17.6 Å². The van der Waals surface area contributed by atoms with Crippen LogP contribution in [0, 0.1) is 0 Å². The molecule has 0 spiro atoms. The second-order valence-corrected chi connectivity index (χ2v) is 6.98. The number of carbonyl (C=O) groups excluding carboxylic acids is 2. The van der Waals surface area contributed by atoms with E-state index in [0.29, 0.717) is 4.48 Å². The summed E-state index contributed by atoms with van der Waals surface area (Å²) in [5.41, 5.74) is -1.06. The average Bonchev–Trinajstić information content (AvgIpc) is 2.94. The lowest BCUT2D eigenvalue weighted by atomic mass is 10.2. The third kappa shape index (κ3) is 5.04. The van der Waals surface area contributed by atoms with Crippen LogP contribution in [-0.2, 0) is 23.8 Å². The summed E-state index contributed by atoms with van der Waals surface area (Å²) in [7, 11) is 0. The molecule has 26 heavy (non-hydrogen) atoms. The van der Waals surface area contributed by atoms with Crippen molar-refractivity contribution in [1.82, 2.24) is 9.55 Å². The topological polar surface area (TPSA) is 117 Å². The van der Waals surface area contributed by atoms with E-state index >= 15 is 0 Å².